The number of pyridine rings is 1. The Morgan fingerprint density at radius 2 is 1.85 bits per heavy atom. The number of rotatable bonds is 3. The summed E-state index contributed by atoms with van der Waals surface area (Å²) in [4.78, 5) is 9.28. The molecule has 0 radical (unpaired) electrons. The maximum atomic E-state index is 6.02. The van der Waals surface area contributed by atoms with Gasteiger partial charge in [0, 0.05) is 19.6 Å². The standard InChI is InChI=1S/C15H23ClN4/c16-14-4-3-13(17)15(18-14)20-9-5-12(6-10-20)11-19-7-1-2-8-19/h3-4,12H,1-2,5-11,17H2. The van der Waals surface area contributed by atoms with Gasteiger partial charge in [-0.25, -0.2) is 4.98 Å². The van der Waals surface area contributed by atoms with Gasteiger partial charge in [-0.3, -0.25) is 0 Å². The Balaban J connectivity index is 1.56. The molecule has 3 rings (SSSR count). The summed E-state index contributed by atoms with van der Waals surface area (Å²) in [6, 6.07) is 3.60. The minimum absolute atomic E-state index is 0.522. The minimum Gasteiger partial charge on any atom is -0.396 e. The summed E-state index contributed by atoms with van der Waals surface area (Å²) in [6.45, 7) is 5.93. The smallest absolute Gasteiger partial charge is 0.153 e. The lowest BCUT2D eigenvalue weighted by Gasteiger charge is -2.35. The summed E-state index contributed by atoms with van der Waals surface area (Å²) in [5.41, 5.74) is 6.75. The summed E-state index contributed by atoms with van der Waals surface area (Å²) >= 11 is 5.98. The van der Waals surface area contributed by atoms with E-state index in [1.807, 2.05) is 6.07 Å². The van der Waals surface area contributed by atoms with Crippen molar-refractivity contribution in [3.8, 4) is 0 Å². The molecular weight excluding hydrogens is 272 g/mol. The molecule has 2 aliphatic rings. The molecule has 1 aromatic rings. The lowest BCUT2D eigenvalue weighted by Crippen LogP contribution is -2.38. The molecule has 20 heavy (non-hydrogen) atoms. The number of hydrogen-bond donors (Lipinski definition) is 1. The molecule has 110 valence electrons. The zero-order valence-corrected chi connectivity index (χ0v) is 12.6. The normalized spacial score (nSPS) is 21.6. The van der Waals surface area contributed by atoms with Crippen LogP contribution in [0, 0.1) is 5.92 Å². The maximum Gasteiger partial charge on any atom is 0.153 e. The highest BCUT2D eigenvalue weighted by Crippen LogP contribution is 2.28. The summed E-state index contributed by atoms with van der Waals surface area (Å²) in [7, 11) is 0. The van der Waals surface area contributed by atoms with Crippen molar-refractivity contribution in [1.29, 1.82) is 0 Å². The number of anilines is 2. The van der Waals surface area contributed by atoms with Gasteiger partial charge in [0.25, 0.3) is 0 Å². The molecule has 0 aliphatic carbocycles. The average molecular weight is 295 g/mol. The van der Waals surface area contributed by atoms with Crippen LogP contribution in [0.25, 0.3) is 0 Å². The molecular formula is C15H23ClN4. The van der Waals surface area contributed by atoms with E-state index in [9.17, 15) is 0 Å². The molecule has 0 amide bonds. The molecule has 0 spiro atoms. The third-order valence-corrected chi connectivity index (χ3v) is 4.71. The van der Waals surface area contributed by atoms with Gasteiger partial charge in [-0.2, -0.15) is 0 Å². The van der Waals surface area contributed by atoms with Crippen LogP contribution < -0.4 is 10.6 Å². The first-order chi connectivity index (χ1) is 9.72. The Hall–Kier alpha value is -1.00. The number of nitrogen functional groups attached to an aromatic ring is 1. The molecule has 0 unspecified atom stereocenters. The summed E-state index contributed by atoms with van der Waals surface area (Å²) < 4.78 is 0. The maximum absolute atomic E-state index is 6.02. The fraction of sp³-hybridized carbons (Fsp3) is 0.667. The predicted octanol–water partition coefficient (Wildman–Crippen LogP) is 2.63. The van der Waals surface area contributed by atoms with Crippen molar-refractivity contribution in [3.05, 3.63) is 17.3 Å². The zero-order chi connectivity index (χ0) is 13.9. The zero-order valence-electron chi connectivity index (χ0n) is 11.9. The lowest BCUT2D eigenvalue weighted by molar-refractivity contribution is 0.249. The minimum atomic E-state index is 0.522. The van der Waals surface area contributed by atoms with Gasteiger partial charge in [-0.15, -0.1) is 0 Å². The summed E-state index contributed by atoms with van der Waals surface area (Å²) in [5, 5.41) is 0.522. The second-order valence-electron chi connectivity index (χ2n) is 5.98. The third kappa shape index (κ3) is 3.18. The Bertz CT molecular complexity index is 451. The third-order valence-electron chi connectivity index (χ3n) is 4.50. The summed E-state index contributed by atoms with van der Waals surface area (Å²) in [6.07, 6.45) is 5.21. The molecule has 0 bridgehead atoms. The average Bonchev–Trinajstić information content (AvgIpc) is 2.95. The van der Waals surface area contributed by atoms with Gasteiger partial charge in [0.15, 0.2) is 5.82 Å². The Kier molecular flexibility index (Phi) is 4.32. The van der Waals surface area contributed by atoms with Crippen molar-refractivity contribution in [1.82, 2.24) is 9.88 Å². The first-order valence-corrected chi connectivity index (χ1v) is 7.99. The van der Waals surface area contributed by atoms with E-state index in [-0.39, 0.29) is 0 Å². The number of likely N-dealkylation sites (tertiary alicyclic amines) is 1. The van der Waals surface area contributed by atoms with Crippen LogP contribution in [0.1, 0.15) is 25.7 Å². The molecule has 2 fully saturated rings. The number of halogens is 1. The summed E-state index contributed by atoms with van der Waals surface area (Å²) in [5.74, 6) is 1.68. The van der Waals surface area contributed by atoms with E-state index < -0.39 is 0 Å². The van der Waals surface area contributed by atoms with Crippen LogP contribution in [0.15, 0.2) is 12.1 Å². The molecule has 3 heterocycles. The van der Waals surface area contributed by atoms with Crippen molar-refractivity contribution in [2.75, 3.05) is 43.4 Å². The van der Waals surface area contributed by atoms with E-state index in [4.69, 9.17) is 17.3 Å². The van der Waals surface area contributed by atoms with Crippen molar-refractivity contribution in [2.45, 2.75) is 25.7 Å². The van der Waals surface area contributed by atoms with Crippen molar-refractivity contribution < 1.29 is 0 Å². The predicted molar refractivity (Wildman–Crippen MR) is 84.3 cm³/mol. The van der Waals surface area contributed by atoms with Crippen LogP contribution in [0.3, 0.4) is 0 Å². The Morgan fingerprint density at radius 3 is 2.55 bits per heavy atom. The van der Waals surface area contributed by atoms with Crippen LogP contribution in [-0.4, -0.2) is 42.6 Å². The molecule has 2 N–H and O–H groups in total. The van der Waals surface area contributed by atoms with Crippen LogP contribution in [0.4, 0.5) is 11.5 Å². The van der Waals surface area contributed by atoms with E-state index in [1.54, 1.807) is 6.07 Å². The molecule has 2 aliphatic heterocycles. The quantitative estimate of drug-likeness (QED) is 0.871. The number of piperidine rings is 1. The molecule has 0 aromatic carbocycles. The van der Waals surface area contributed by atoms with E-state index in [2.05, 4.69) is 14.8 Å². The van der Waals surface area contributed by atoms with Gasteiger partial charge in [-0.05, 0) is 56.8 Å². The second-order valence-corrected chi connectivity index (χ2v) is 6.37. The van der Waals surface area contributed by atoms with E-state index >= 15 is 0 Å². The number of nitrogens with zero attached hydrogens (tertiary/aromatic N) is 3. The largest absolute Gasteiger partial charge is 0.396 e. The Morgan fingerprint density at radius 1 is 1.15 bits per heavy atom. The lowest BCUT2D eigenvalue weighted by atomic mass is 9.96. The number of aromatic nitrogens is 1. The fourth-order valence-electron chi connectivity index (χ4n) is 3.35. The number of nitrogens with two attached hydrogens (primary N) is 1. The molecule has 0 saturated carbocycles. The highest BCUT2D eigenvalue weighted by molar-refractivity contribution is 6.29. The van der Waals surface area contributed by atoms with Gasteiger partial charge in [-0.1, -0.05) is 11.6 Å². The molecule has 0 atom stereocenters. The van der Waals surface area contributed by atoms with Gasteiger partial charge < -0.3 is 15.5 Å². The highest BCUT2D eigenvalue weighted by atomic mass is 35.5. The van der Waals surface area contributed by atoms with Crippen molar-refractivity contribution >= 4 is 23.1 Å². The molecule has 2 saturated heterocycles. The van der Waals surface area contributed by atoms with Crippen LogP contribution in [0.2, 0.25) is 5.15 Å². The molecule has 5 heteroatoms. The second kappa shape index (κ2) is 6.19. The monoisotopic (exact) mass is 294 g/mol. The first-order valence-electron chi connectivity index (χ1n) is 7.62. The fourth-order valence-corrected chi connectivity index (χ4v) is 3.49. The van der Waals surface area contributed by atoms with Crippen molar-refractivity contribution in [3.63, 3.8) is 0 Å². The first kappa shape index (κ1) is 14.0. The SMILES string of the molecule is Nc1ccc(Cl)nc1N1CCC(CN2CCCC2)CC1. The van der Waals surface area contributed by atoms with Crippen LogP contribution in [-0.2, 0) is 0 Å². The van der Waals surface area contributed by atoms with E-state index in [0.717, 1.165) is 30.5 Å². The molecule has 4 nitrogen and oxygen atoms in total. The van der Waals surface area contributed by atoms with Crippen LogP contribution in [0.5, 0.6) is 0 Å². The number of hydrogen-bond acceptors (Lipinski definition) is 4. The van der Waals surface area contributed by atoms with E-state index in [1.165, 1.54) is 45.3 Å². The van der Waals surface area contributed by atoms with Crippen molar-refractivity contribution in [2.24, 2.45) is 5.92 Å². The highest BCUT2D eigenvalue weighted by Gasteiger charge is 2.24. The van der Waals surface area contributed by atoms with E-state index in [0.29, 0.717) is 5.15 Å². The molecule has 1 aromatic heterocycles. The Labute approximate surface area is 125 Å². The van der Waals surface area contributed by atoms with Gasteiger partial charge in [0.1, 0.15) is 5.15 Å². The van der Waals surface area contributed by atoms with Crippen LogP contribution >= 0.6 is 11.6 Å². The topological polar surface area (TPSA) is 45.4 Å². The van der Waals surface area contributed by atoms with Gasteiger partial charge in [0.05, 0.1) is 5.69 Å². The van der Waals surface area contributed by atoms with Gasteiger partial charge in [0.2, 0.25) is 0 Å². The van der Waals surface area contributed by atoms with Gasteiger partial charge >= 0.3 is 0 Å².